The Kier molecular flexibility index (Phi) is 24.3. The molecule has 0 spiro atoms. The highest BCUT2D eigenvalue weighted by atomic mass is 16.6. The number of carbonyl (C=O) groups is 3. The van der Waals surface area contributed by atoms with Crippen molar-refractivity contribution in [1.82, 2.24) is 4.90 Å². The number of esters is 1. The van der Waals surface area contributed by atoms with Crippen LogP contribution in [0.1, 0.15) is 132 Å². The molecule has 2 heterocycles. The van der Waals surface area contributed by atoms with E-state index in [1.54, 1.807) is 54.4 Å². The molecule has 14 heteroatoms. The maximum atomic E-state index is 14.5. The summed E-state index contributed by atoms with van der Waals surface area (Å²) in [5.74, 6) is -5.95. The molecule has 382 valence electrons. The van der Waals surface area contributed by atoms with Crippen LogP contribution in [0, 0.1) is 35.5 Å². The molecule has 0 aromatic carbocycles. The third-order valence-electron chi connectivity index (χ3n) is 14.6. The molecule has 0 aromatic rings. The maximum absolute atomic E-state index is 14.5. The van der Waals surface area contributed by atoms with Crippen molar-refractivity contribution in [3.63, 3.8) is 0 Å². The van der Waals surface area contributed by atoms with E-state index >= 15 is 0 Å². The fourth-order valence-corrected chi connectivity index (χ4v) is 10.5. The number of aliphatic hydroxyl groups is 4. The first-order valence-corrected chi connectivity index (χ1v) is 24.9. The van der Waals surface area contributed by atoms with Crippen molar-refractivity contribution < 1.29 is 58.5 Å². The van der Waals surface area contributed by atoms with Gasteiger partial charge in [0.25, 0.3) is 11.7 Å². The van der Waals surface area contributed by atoms with Crippen LogP contribution in [0.3, 0.4) is 0 Å². The molecule has 0 unspecified atom stereocenters. The van der Waals surface area contributed by atoms with Gasteiger partial charge in [-0.25, -0.2) is 4.79 Å². The van der Waals surface area contributed by atoms with Gasteiger partial charge in [-0.1, -0.05) is 78.5 Å². The first-order valence-electron chi connectivity index (χ1n) is 24.9. The van der Waals surface area contributed by atoms with E-state index in [2.05, 4.69) is 32.3 Å². The van der Waals surface area contributed by atoms with Crippen molar-refractivity contribution in [2.24, 2.45) is 40.5 Å². The lowest BCUT2D eigenvalue weighted by Crippen LogP contribution is -2.61. The number of piperidine rings is 1. The Morgan fingerprint density at radius 3 is 2.24 bits per heavy atom. The molecule has 0 aromatic heterocycles. The van der Waals surface area contributed by atoms with Crippen LogP contribution < -0.4 is 0 Å². The lowest BCUT2D eigenvalue weighted by atomic mass is 9.78. The lowest BCUT2D eigenvalue weighted by Gasteiger charge is -2.43. The zero-order valence-corrected chi connectivity index (χ0v) is 42.9. The fourth-order valence-electron chi connectivity index (χ4n) is 10.5. The molecule has 3 rings (SSSR count). The number of likely N-dealkylation sites (tertiary alicyclic amines) is 1. The van der Waals surface area contributed by atoms with E-state index in [9.17, 15) is 34.8 Å². The van der Waals surface area contributed by atoms with Crippen molar-refractivity contribution in [3.05, 3.63) is 48.1 Å². The Morgan fingerprint density at radius 1 is 0.925 bits per heavy atom. The average Bonchev–Trinajstić information content (AvgIpc) is 3.30. The Hall–Kier alpha value is -3.08. The minimum atomic E-state index is -2.41. The molecular formula is C53H88N2O12. The van der Waals surface area contributed by atoms with Crippen molar-refractivity contribution in [3.8, 4) is 0 Å². The van der Waals surface area contributed by atoms with Gasteiger partial charge in [-0.05, 0) is 113 Å². The predicted molar refractivity (Wildman–Crippen MR) is 261 cm³/mol. The van der Waals surface area contributed by atoms with E-state index < -0.39 is 77.9 Å². The molecule has 2 saturated heterocycles. The first kappa shape index (κ1) is 58.2. The van der Waals surface area contributed by atoms with E-state index in [1.165, 1.54) is 4.90 Å². The highest BCUT2D eigenvalue weighted by Gasteiger charge is 2.53. The Bertz CT molecular complexity index is 1710. The number of ether oxygens (including phenoxy) is 5. The Balaban J connectivity index is 1.87. The van der Waals surface area contributed by atoms with Gasteiger partial charge >= 0.3 is 5.97 Å². The van der Waals surface area contributed by atoms with Gasteiger partial charge in [-0.2, -0.15) is 0 Å². The van der Waals surface area contributed by atoms with Crippen LogP contribution in [-0.4, -0.2) is 144 Å². The van der Waals surface area contributed by atoms with Crippen LogP contribution in [0.15, 0.2) is 53.1 Å². The molecule has 15 atom stereocenters. The molecule has 14 nitrogen and oxygen atoms in total. The van der Waals surface area contributed by atoms with Crippen LogP contribution in [0.4, 0.5) is 0 Å². The predicted octanol–water partition coefficient (Wildman–Crippen LogP) is 7.11. The molecule has 67 heavy (non-hydrogen) atoms. The molecule has 0 bridgehead atoms. The fraction of sp³-hybridized carbons (Fsp3) is 0.774. The topological polar surface area (TPSA) is 194 Å². The van der Waals surface area contributed by atoms with Crippen LogP contribution in [0.25, 0.3) is 0 Å². The summed E-state index contributed by atoms with van der Waals surface area (Å²) in [5.41, 5.74) is 2.29. The van der Waals surface area contributed by atoms with Gasteiger partial charge < -0.3 is 49.0 Å². The number of nitrogens with zero attached hydrogens (tertiary/aromatic N) is 2. The summed E-state index contributed by atoms with van der Waals surface area (Å²) < 4.78 is 29.6. The number of hydrogen-bond acceptors (Lipinski definition) is 13. The lowest BCUT2D eigenvalue weighted by molar-refractivity contribution is -0.265. The van der Waals surface area contributed by atoms with E-state index in [0.29, 0.717) is 62.9 Å². The second-order valence-electron chi connectivity index (χ2n) is 20.3. The minimum absolute atomic E-state index is 0.0611. The SMILES string of the molecule is C=C/C=C/C=C(\C)[C@H](C[C@@H]1CC[C@@H](C)[C@](O)(C(=O)C(=O)N2CCCC[C@H]2C(=O)O[C@@H](C[C@@H](O)[C@H](C)/C=C(\C)[C@@H](O)[C@@H](OC)/C(=N/C)[C@H](C)CC(C)C)[C@H](C)C[C@@H]2CC[C@@H](O)[C@H](OC)C2)O1)OC. The smallest absolute Gasteiger partial charge is 0.329 e. The highest BCUT2D eigenvalue weighted by molar-refractivity contribution is 6.39. The van der Waals surface area contributed by atoms with Crippen molar-refractivity contribution in [2.75, 3.05) is 34.9 Å². The number of ketones is 1. The molecular weight excluding hydrogens is 857 g/mol. The summed E-state index contributed by atoms with van der Waals surface area (Å²) in [6.07, 6.45) is 10.0. The van der Waals surface area contributed by atoms with Gasteiger partial charge in [0.05, 0.1) is 30.5 Å². The van der Waals surface area contributed by atoms with E-state index in [-0.39, 0.29) is 49.3 Å². The van der Waals surface area contributed by atoms with Crippen molar-refractivity contribution >= 4 is 23.4 Å². The third-order valence-corrected chi connectivity index (χ3v) is 14.6. The van der Waals surface area contributed by atoms with Gasteiger partial charge in [-0.15, -0.1) is 0 Å². The molecule has 0 radical (unpaired) electrons. The Labute approximate surface area is 402 Å². The van der Waals surface area contributed by atoms with Crippen LogP contribution in [0.2, 0.25) is 0 Å². The number of rotatable bonds is 25. The zero-order chi connectivity index (χ0) is 50.2. The summed E-state index contributed by atoms with van der Waals surface area (Å²) in [4.78, 5) is 48.7. The summed E-state index contributed by atoms with van der Waals surface area (Å²) in [6.45, 7) is 19.4. The van der Waals surface area contributed by atoms with Gasteiger partial charge in [0.15, 0.2) is 0 Å². The summed E-state index contributed by atoms with van der Waals surface area (Å²) in [7, 11) is 6.43. The van der Waals surface area contributed by atoms with E-state index in [1.807, 2.05) is 39.0 Å². The number of amides is 1. The molecule has 4 N–H and O–H groups in total. The van der Waals surface area contributed by atoms with Crippen LogP contribution >= 0.6 is 0 Å². The molecule has 1 amide bonds. The molecule has 2 aliphatic heterocycles. The van der Waals surface area contributed by atoms with Crippen LogP contribution in [0.5, 0.6) is 0 Å². The number of allylic oxidation sites excluding steroid dienone is 4. The zero-order valence-electron chi connectivity index (χ0n) is 42.9. The van der Waals surface area contributed by atoms with Crippen LogP contribution in [-0.2, 0) is 38.1 Å². The normalized spacial score (nSPS) is 29.4. The van der Waals surface area contributed by atoms with Crippen molar-refractivity contribution in [2.45, 2.75) is 193 Å². The van der Waals surface area contributed by atoms with E-state index in [0.717, 1.165) is 24.1 Å². The number of aliphatic hydroxyl groups excluding tert-OH is 3. The number of Topliss-reactive ketones (excluding diaryl/α,β-unsaturated/α-hetero) is 1. The molecule has 3 aliphatic rings. The second kappa shape index (κ2) is 27.9. The number of hydrogen-bond donors (Lipinski definition) is 4. The average molecular weight is 945 g/mol. The van der Waals surface area contributed by atoms with Gasteiger partial charge in [0.2, 0.25) is 5.79 Å². The summed E-state index contributed by atoms with van der Waals surface area (Å²) in [5, 5.41) is 45.8. The second-order valence-corrected chi connectivity index (χ2v) is 20.3. The monoisotopic (exact) mass is 945 g/mol. The van der Waals surface area contributed by atoms with Gasteiger partial charge in [0, 0.05) is 65.3 Å². The number of methoxy groups -OCH3 is 3. The van der Waals surface area contributed by atoms with Gasteiger partial charge in [0.1, 0.15) is 24.4 Å². The molecule has 1 saturated carbocycles. The Morgan fingerprint density at radius 2 is 1.63 bits per heavy atom. The number of aliphatic imine (C=N–C) groups is 1. The van der Waals surface area contributed by atoms with E-state index in [4.69, 9.17) is 23.7 Å². The highest BCUT2D eigenvalue weighted by Crippen LogP contribution is 2.38. The molecule has 1 aliphatic carbocycles. The summed E-state index contributed by atoms with van der Waals surface area (Å²) >= 11 is 0. The van der Waals surface area contributed by atoms with Crippen molar-refractivity contribution in [1.29, 1.82) is 0 Å². The minimum Gasteiger partial charge on any atom is -0.460 e. The largest absolute Gasteiger partial charge is 0.460 e. The first-order chi connectivity index (χ1) is 31.7. The van der Waals surface area contributed by atoms with Gasteiger partial charge in [-0.3, -0.25) is 14.6 Å². The number of carbonyl (C=O) groups excluding carboxylic acids is 3. The standard InChI is InChI=1S/C53H88N2O12/c1-14-15-16-19-33(4)44(63-11)30-40-23-21-38(9)53(62,67-40)50(59)51(60)55-25-18-17-20-41(55)52(61)66-45(35(6)28-39-22-24-42(56)46(29-39)64-12)31-43(57)34(5)27-37(8)48(58)49(65-13)47(54-10)36(7)26-32(2)3/h14-16,19,27,32,34-36,38-46,48-49,56-58,62H,1,17-18,20-26,28-31H2,2-13H3/b16-15+,33-19+,37-27+,54-47+/t34-,35-,36-,38-,39+,40+,41+,42-,43-,44+,45+,46-,48-,49+,53-/m1/s1. The maximum Gasteiger partial charge on any atom is 0.329 e. The quantitative estimate of drug-likeness (QED) is 0.0239. The third kappa shape index (κ3) is 16.2. The molecule has 3 fully saturated rings. The summed E-state index contributed by atoms with van der Waals surface area (Å²) in [6, 6.07) is -1.10.